The van der Waals surface area contributed by atoms with Crippen LogP contribution < -0.4 is 0 Å². The highest BCUT2D eigenvalue weighted by molar-refractivity contribution is 4.97. The van der Waals surface area contributed by atoms with Gasteiger partial charge in [0.1, 0.15) is 5.82 Å². The average Bonchev–Trinajstić information content (AvgIpc) is 2.58. The van der Waals surface area contributed by atoms with Crippen LogP contribution in [0.3, 0.4) is 0 Å². The molecule has 0 aliphatic carbocycles. The van der Waals surface area contributed by atoms with E-state index in [0.29, 0.717) is 5.92 Å². The standard InChI is InChI=1S/C9H15N3O/c1-2-8-10-9-5-7(6-13)3-4-12(9)11-8/h7,13H,2-6H2,1H3. The van der Waals surface area contributed by atoms with E-state index in [1.165, 1.54) is 0 Å². The Kier molecular flexibility index (Phi) is 2.31. The third-order valence-corrected chi connectivity index (χ3v) is 2.59. The number of aryl methyl sites for hydroxylation is 2. The fourth-order valence-corrected chi connectivity index (χ4v) is 1.73. The van der Waals surface area contributed by atoms with Gasteiger partial charge in [0.15, 0.2) is 5.82 Å². The molecule has 0 saturated heterocycles. The first-order valence-corrected chi connectivity index (χ1v) is 4.87. The molecule has 2 heterocycles. The number of rotatable bonds is 2. The monoisotopic (exact) mass is 181 g/mol. The molecule has 1 aliphatic heterocycles. The van der Waals surface area contributed by atoms with Crippen molar-refractivity contribution in [1.29, 1.82) is 0 Å². The number of fused-ring (bicyclic) bond motifs is 1. The Balaban J connectivity index is 2.19. The van der Waals surface area contributed by atoms with E-state index in [-0.39, 0.29) is 6.61 Å². The lowest BCUT2D eigenvalue weighted by Gasteiger charge is -2.19. The summed E-state index contributed by atoms with van der Waals surface area (Å²) >= 11 is 0. The Bertz CT molecular complexity index is 295. The summed E-state index contributed by atoms with van der Waals surface area (Å²) in [6.07, 6.45) is 2.79. The molecule has 0 aromatic carbocycles. The van der Waals surface area contributed by atoms with Crippen LogP contribution in [0.1, 0.15) is 25.0 Å². The molecule has 0 spiro atoms. The molecule has 1 aliphatic rings. The number of aromatic nitrogens is 3. The minimum absolute atomic E-state index is 0.272. The van der Waals surface area contributed by atoms with E-state index >= 15 is 0 Å². The van der Waals surface area contributed by atoms with Gasteiger partial charge in [-0.15, -0.1) is 0 Å². The highest BCUT2D eigenvalue weighted by Gasteiger charge is 2.20. The highest BCUT2D eigenvalue weighted by Crippen LogP contribution is 2.18. The van der Waals surface area contributed by atoms with E-state index in [1.807, 2.05) is 4.68 Å². The number of aliphatic hydroxyl groups excluding tert-OH is 1. The van der Waals surface area contributed by atoms with Crippen LogP contribution in [0.2, 0.25) is 0 Å². The third-order valence-electron chi connectivity index (χ3n) is 2.59. The SMILES string of the molecule is CCc1nc2n(n1)CCC(CO)C2. The molecule has 4 nitrogen and oxygen atoms in total. The van der Waals surface area contributed by atoms with Crippen molar-refractivity contribution in [3.8, 4) is 0 Å². The zero-order chi connectivity index (χ0) is 9.26. The molecule has 13 heavy (non-hydrogen) atoms. The molecular weight excluding hydrogens is 166 g/mol. The Labute approximate surface area is 77.6 Å². The molecule has 1 aromatic rings. The van der Waals surface area contributed by atoms with Crippen LogP contribution in [-0.2, 0) is 19.4 Å². The van der Waals surface area contributed by atoms with E-state index < -0.39 is 0 Å². The van der Waals surface area contributed by atoms with Crippen molar-refractivity contribution in [2.75, 3.05) is 6.61 Å². The third kappa shape index (κ3) is 1.58. The summed E-state index contributed by atoms with van der Waals surface area (Å²) in [7, 11) is 0. The highest BCUT2D eigenvalue weighted by atomic mass is 16.3. The molecule has 4 heteroatoms. The topological polar surface area (TPSA) is 50.9 Å². The van der Waals surface area contributed by atoms with Crippen LogP contribution in [0, 0.1) is 5.92 Å². The van der Waals surface area contributed by atoms with Crippen LogP contribution >= 0.6 is 0 Å². The summed E-state index contributed by atoms with van der Waals surface area (Å²) < 4.78 is 1.98. The van der Waals surface area contributed by atoms with Crippen molar-refractivity contribution in [3.05, 3.63) is 11.6 Å². The summed E-state index contributed by atoms with van der Waals surface area (Å²) in [6.45, 7) is 3.24. The minimum atomic E-state index is 0.272. The zero-order valence-electron chi connectivity index (χ0n) is 7.90. The van der Waals surface area contributed by atoms with Gasteiger partial charge in [-0.3, -0.25) is 0 Å². The molecular formula is C9H15N3O. The van der Waals surface area contributed by atoms with Gasteiger partial charge in [0, 0.05) is 26.0 Å². The summed E-state index contributed by atoms with van der Waals surface area (Å²) in [4.78, 5) is 4.41. The van der Waals surface area contributed by atoms with Crippen molar-refractivity contribution < 1.29 is 5.11 Å². The van der Waals surface area contributed by atoms with Gasteiger partial charge in [0.2, 0.25) is 0 Å². The molecule has 1 N–H and O–H groups in total. The van der Waals surface area contributed by atoms with E-state index in [0.717, 1.165) is 37.5 Å². The van der Waals surface area contributed by atoms with Gasteiger partial charge in [0.05, 0.1) is 0 Å². The lowest BCUT2D eigenvalue weighted by Crippen LogP contribution is -2.22. The lowest BCUT2D eigenvalue weighted by atomic mass is 9.99. The van der Waals surface area contributed by atoms with E-state index in [4.69, 9.17) is 5.11 Å². The molecule has 2 rings (SSSR count). The van der Waals surface area contributed by atoms with Gasteiger partial charge in [-0.05, 0) is 12.3 Å². The summed E-state index contributed by atoms with van der Waals surface area (Å²) in [5, 5.41) is 13.4. The van der Waals surface area contributed by atoms with Crippen molar-refractivity contribution in [2.45, 2.75) is 32.7 Å². The van der Waals surface area contributed by atoms with Crippen molar-refractivity contribution in [3.63, 3.8) is 0 Å². The van der Waals surface area contributed by atoms with Crippen LogP contribution in [0.4, 0.5) is 0 Å². The number of aliphatic hydroxyl groups is 1. The van der Waals surface area contributed by atoms with Crippen molar-refractivity contribution in [2.24, 2.45) is 5.92 Å². The van der Waals surface area contributed by atoms with Crippen LogP contribution in [0.5, 0.6) is 0 Å². The molecule has 1 aromatic heterocycles. The predicted octanol–water partition coefficient (Wildman–Crippen LogP) is 0.395. The average molecular weight is 181 g/mol. The fraction of sp³-hybridized carbons (Fsp3) is 0.778. The maximum absolute atomic E-state index is 9.02. The van der Waals surface area contributed by atoms with Crippen LogP contribution in [0.15, 0.2) is 0 Å². The molecule has 0 fully saturated rings. The second-order valence-electron chi connectivity index (χ2n) is 3.56. The van der Waals surface area contributed by atoms with Gasteiger partial charge < -0.3 is 5.11 Å². The first kappa shape index (κ1) is 8.69. The first-order valence-electron chi connectivity index (χ1n) is 4.87. The molecule has 0 bridgehead atoms. The van der Waals surface area contributed by atoms with Gasteiger partial charge in [-0.1, -0.05) is 6.92 Å². The van der Waals surface area contributed by atoms with Crippen LogP contribution in [0.25, 0.3) is 0 Å². The molecule has 1 atom stereocenters. The van der Waals surface area contributed by atoms with Crippen molar-refractivity contribution in [1.82, 2.24) is 14.8 Å². The molecule has 0 amide bonds. The largest absolute Gasteiger partial charge is 0.396 e. The Morgan fingerprint density at radius 3 is 3.15 bits per heavy atom. The molecule has 1 unspecified atom stereocenters. The Morgan fingerprint density at radius 2 is 2.46 bits per heavy atom. The number of hydrogen-bond acceptors (Lipinski definition) is 3. The second kappa shape index (κ2) is 3.46. The van der Waals surface area contributed by atoms with E-state index in [1.54, 1.807) is 0 Å². The van der Waals surface area contributed by atoms with Crippen LogP contribution in [-0.4, -0.2) is 26.5 Å². The molecule has 72 valence electrons. The van der Waals surface area contributed by atoms with Gasteiger partial charge in [-0.25, -0.2) is 9.67 Å². The maximum Gasteiger partial charge on any atom is 0.150 e. The fourth-order valence-electron chi connectivity index (χ4n) is 1.73. The lowest BCUT2D eigenvalue weighted by molar-refractivity contribution is 0.196. The second-order valence-corrected chi connectivity index (χ2v) is 3.56. The molecule has 0 saturated carbocycles. The molecule has 0 radical (unpaired) electrons. The number of nitrogens with zero attached hydrogens (tertiary/aromatic N) is 3. The smallest absolute Gasteiger partial charge is 0.150 e. The summed E-state index contributed by atoms with van der Waals surface area (Å²) in [6, 6.07) is 0. The Hall–Kier alpha value is -0.900. The Morgan fingerprint density at radius 1 is 1.62 bits per heavy atom. The normalized spacial score (nSPS) is 21.5. The van der Waals surface area contributed by atoms with E-state index in [2.05, 4.69) is 17.0 Å². The number of hydrogen-bond donors (Lipinski definition) is 1. The summed E-state index contributed by atoms with van der Waals surface area (Å²) in [5.74, 6) is 2.36. The maximum atomic E-state index is 9.02. The first-order chi connectivity index (χ1) is 6.33. The quantitative estimate of drug-likeness (QED) is 0.718. The van der Waals surface area contributed by atoms with Gasteiger partial charge >= 0.3 is 0 Å². The minimum Gasteiger partial charge on any atom is -0.396 e. The van der Waals surface area contributed by atoms with Gasteiger partial charge in [0.25, 0.3) is 0 Å². The zero-order valence-corrected chi connectivity index (χ0v) is 7.90. The van der Waals surface area contributed by atoms with E-state index in [9.17, 15) is 0 Å². The van der Waals surface area contributed by atoms with Gasteiger partial charge in [-0.2, -0.15) is 5.10 Å². The predicted molar refractivity (Wildman–Crippen MR) is 48.3 cm³/mol. The van der Waals surface area contributed by atoms with Crippen molar-refractivity contribution >= 4 is 0 Å². The summed E-state index contributed by atoms with van der Waals surface area (Å²) in [5.41, 5.74) is 0.